The van der Waals surface area contributed by atoms with Crippen LogP contribution in [0.25, 0.3) is 10.9 Å². The summed E-state index contributed by atoms with van der Waals surface area (Å²) < 4.78 is 2.13. The Hall–Kier alpha value is -2.95. The van der Waals surface area contributed by atoms with Crippen LogP contribution < -0.4 is 0 Å². The molecule has 2 aromatic carbocycles. The van der Waals surface area contributed by atoms with Crippen molar-refractivity contribution >= 4 is 23.0 Å². The molecule has 2 bridgehead atoms. The minimum absolute atomic E-state index is 0.0423. The first-order chi connectivity index (χ1) is 14.5. The van der Waals surface area contributed by atoms with E-state index in [2.05, 4.69) is 71.2 Å². The molecule has 1 amide bonds. The lowest BCUT2D eigenvalue weighted by Crippen LogP contribution is -2.68. The standard InChI is InChI=1S/C25H26N4O/c1-17-4-3-5-19(10-17)22-8-9-26-29(22)23(30)25-13-24(14-25,15-25)16-28-21-7-6-18(2)11-20(21)12-27-28/h3-7,9-12,22H,8,13-16H2,1-2H3. The van der Waals surface area contributed by atoms with Crippen molar-refractivity contribution in [1.29, 1.82) is 0 Å². The zero-order valence-electron chi connectivity index (χ0n) is 17.5. The molecule has 7 rings (SSSR count). The number of hydrogen-bond acceptors (Lipinski definition) is 3. The fourth-order valence-electron chi connectivity index (χ4n) is 6.05. The lowest BCUT2D eigenvalue weighted by atomic mass is 9.34. The van der Waals surface area contributed by atoms with E-state index in [1.54, 1.807) is 5.01 Å². The molecule has 1 atom stereocenters. The molecule has 5 heteroatoms. The zero-order valence-corrected chi connectivity index (χ0v) is 17.5. The smallest absolute Gasteiger partial charge is 0.249 e. The minimum Gasteiger partial charge on any atom is -0.272 e. The van der Waals surface area contributed by atoms with Crippen LogP contribution in [0, 0.1) is 24.7 Å². The number of carbonyl (C=O) groups is 1. The van der Waals surface area contributed by atoms with Crippen molar-refractivity contribution in [2.24, 2.45) is 15.9 Å². The molecule has 3 aromatic rings. The Labute approximate surface area is 176 Å². The highest BCUT2D eigenvalue weighted by molar-refractivity contribution is 5.88. The second-order valence-electron chi connectivity index (χ2n) is 9.79. The topological polar surface area (TPSA) is 50.5 Å². The van der Waals surface area contributed by atoms with Crippen LogP contribution in [0.5, 0.6) is 0 Å². The fraction of sp³-hybridized carbons (Fsp3) is 0.400. The van der Waals surface area contributed by atoms with Gasteiger partial charge in [0, 0.05) is 24.6 Å². The van der Waals surface area contributed by atoms with Gasteiger partial charge in [-0.05, 0) is 56.2 Å². The summed E-state index contributed by atoms with van der Waals surface area (Å²) in [5, 5.41) is 12.1. The third-order valence-corrected chi connectivity index (χ3v) is 7.34. The number of amides is 1. The van der Waals surface area contributed by atoms with Crippen molar-refractivity contribution in [2.45, 2.75) is 52.1 Å². The van der Waals surface area contributed by atoms with Crippen LogP contribution in [-0.4, -0.2) is 26.9 Å². The summed E-state index contributed by atoms with van der Waals surface area (Å²) in [6.07, 6.45) is 7.52. The van der Waals surface area contributed by atoms with Crippen molar-refractivity contribution in [2.75, 3.05) is 0 Å². The Balaban J connectivity index is 1.17. The van der Waals surface area contributed by atoms with Crippen molar-refractivity contribution in [1.82, 2.24) is 14.8 Å². The van der Waals surface area contributed by atoms with Crippen molar-refractivity contribution in [3.05, 3.63) is 65.4 Å². The number of benzene rings is 2. The maximum absolute atomic E-state index is 13.4. The van der Waals surface area contributed by atoms with E-state index in [0.29, 0.717) is 0 Å². The summed E-state index contributed by atoms with van der Waals surface area (Å²) in [6, 6.07) is 15.0. The molecule has 0 N–H and O–H groups in total. The van der Waals surface area contributed by atoms with E-state index in [1.165, 1.54) is 27.6 Å². The van der Waals surface area contributed by atoms with Gasteiger partial charge in [0.25, 0.3) is 0 Å². The highest BCUT2D eigenvalue weighted by Crippen LogP contribution is 2.74. The summed E-state index contributed by atoms with van der Waals surface area (Å²) in [6.45, 7) is 5.11. The number of nitrogens with zero attached hydrogens (tertiary/aromatic N) is 4. The van der Waals surface area contributed by atoms with Gasteiger partial charge >= 0.3 is 0 Å². The van der Waals surface area contributed by atoms with E-state index in [4.69, 9.17) is 0 Å². The van der Waals surface area contributed by atoms with Gasteiger partial charge in [-0.25, -0.2) is 5.01 Å². The van der Waals surface area contributed by atoms with Crippen LogP contribution in [0.3, 0.4) is 0 Å². The van der Waals surface area contributed by atoms with Gasteiger partial charge in [0.1, 0.15) is 0 Å². The maximum atomic E-state index is 13.4. The van der Waals surface area contributed by atoms with Crippen molar-refractivity contribution < 1.29 is 4.79 Å². The lowest BCUT2D eigenvalue weighted by Gasteiger charge is -2.69. The van der Waals surface area contributed by atoms with Gasteiger partial charge in [0.2, 0.25) is 5.91 Å². The number of fused-ring (bicyclic) bond motifs is 1. The predicted molar refractivity (Wildman–Crippen MR) is 117 cm³/mol. The van der Waals surface area contributed by atoms with Gasteiger partial charge in [-0.3, -0.25) is 9.48 Å². The Morgan fingerprint density at radius 1 is 1.10 bits per heavy atom. The maximum Gasteiger partial charge on any atom is 0.249 e. The zero-order chi connectivity index (χ0) is 20.5. The second-order valence-corrected chi connectivity index (χ2v) is 9.79. The van der Waals surface area contributed by atoms with E-state index in [-0.39, 0.29) is 22.8 Å². The van der Waals surface area contributed by atoms with Gasteiger partial charge in [-0.2, -0.15) is 10.2 Å². The highest BCUT2D eigenvalue weighted by Gasteiger charge is 2.72. The Kier molecular flexibility index (Phi) is 3.59. The molecule has 1 aromatic heterocycles. The van der Waals surface area contributed by atoms with Gasteiger partial charge < -0.3 is 0 Å². The molecule has 0 saturated heterocycles. The molecular formula is C25H26N4O. The molecule has 4 aliphatic rings. The number of carbonyl (C=O) groups excluding carboxylic acids is 1. The SMILES string of the molecule is Cc1cccc(C2CC=NN2C(=O)C23CC(Cn4ncc5cc(C)ccc54)(C2)C3)c1. The van der Waals surface area contributed by atoms with Gasteiger partial charge in [-0.15, -0.1) is 0 Å². The Bertz CT molecular complexity index is 1190. The number of rotatable bonds is 4. The summed E-state index contributed by atoms with van der Waals surface area (Å²) in [5.41, 5.74) is 4.87. The molecule has 0 radical (unpaired) electrons. The molecule has 1 unspecified atom stereocenters. The lowest BCUT2D eigenvalue weighted by molar-refractivity contribution is -0.223. The number of aromatic nitrogens is 2. The Morgan fingerprint density at radius 3 is 2.70 bits per heavy atom. The number of hydrogen-bond donors (Lipinski definition) is 0. The van der Waals surface area contributed by atoms with Crippen LogP contribution in [0.2, 0.25) is 0 Å². The molecule has 0 spiro atoms. The van der Waals surface area contributed by atoms with Gasteiger partial charge in [0.15, 0.2) is 0 Å². The van der Waals surface area contributed by atoms with Crippen LogP contribution in [0.15, 0.2) is 53.8 Å². The summed E-state index contributed by atoms with van der Waals surface area (Å²) >= 11 is 0. The first-order valence-electron chi connectivity index (χ1n) is 10.8. The predicted octanol–water partition coefficient (Wildman–Crippen LogP) is 4.78. The van der Waals surface area contributed by atoms with Crippen LogP contribution in [0.4, 0.5) is 0 Å². The fourth-order valence-corrected chi connectivity index (χ4v) is 6.05. The molecule has 2 heterocycles. The summed E-state index contributed by atoms with van der Waals surface area (Å²) in [4.78, 5) is 13.4. The molecule has 30 heavy (non-hydrogen) atoms. The summed E-state index contributed by atoms with van der Waals surface area (Å²) in [5.74, 6) is 0.213. The van der Waals surface area contributed by atoms with Gasteiger partial charge in [-0.1, -0.05) is 41.5 Å². The Morgan fingerprint density at radius 2 is 1.90 bits per heavy atom. The molecule has 3 aliphatic carbocycles. The van der Waals surface area contributed by atoms with Crippen molar-refractivity contribution in [3.63, 3.8) is 0 Å². The average Bonchev–Trinajstić information content (AvgIpc) is 3.30. The van der Waals surface area contributed by atoms with E-state index >= 15 is 0 Å². The number of hydrazone groups is 1. The summed E-state index contributed by atoms with van der Waals surface area (Å²) in [7, 11) is 0. The third kappa shape index (κ3) is 2.51. The molecule has 3 saturated carbocycles. The van der Waals surface area contributed by atoms with E-state index in [9.17, 15) is 4.79 Å². The molecule has 152 valence electrons. The van der Waals surface area contributed by atoms with E-state index in [1.807, 2.05) is 12.4 Å². The monoisotopic (exact) mass is 398 g/mol. The van der Waals surface area contributed by atoms with Crippen molar-refractivity contribution in [3.8, 4) is 0 Å². The molecule has 1 aliphatic heterocycles. The normalized spacial score (nSPS) is 29.1. The van der Waals surface area contributed by atoms with Crippen LogP contribution >= 0.6 is 0 Å². The van der Waals surface area contributed by atoms with Crippen LogP contribution in [-0.2, 0) is 11.3 Å². The minimum atomic E-state index is -0.205. The molecular weight excluding hydrogens is 372 g/mol. The first kappa shape index (κ1) is 17.9. The van der Waals surface area contributed by atoms with E-state index < -0.39 is 0 Å². The third-order valence-electron chi connectivity index (χ3n) is 7.34. The van der Waals surface area contributed by atoms with Crippen LogP contribution in [0.1, 0.15) is 48.4 Å². The molecule has 5 nitrogen and oxygen atoms in total. The van der Waals surface area contributed by atoms with E-state index in [0.717, 1.165) is 32.2 Å². The molecule has 3 fully saturated rings. The quantitative estimate of drug-likeness (QED) is 0.635. The number of aryl methyl sites for hydroxylation is 2. The highest BCUT2D eigenvalue weighted by atomic mass is 16.2. The largest absolute Gasteiger partial charge is 0.272 e. The second kappa shape index (κ2) is 6.03. The van der Waals surface area contributed by atoms with Gasteiger partial charge in [0.05, 0.1) is 23.2 Å². The first-order valence-corrected chi connectivity index (χ1v) is 10.8. The average molecular weight is 399 g/mol.